The van der Waals surface area contributed by atoms with Crippen LogP contribution >= 0.6 is 0 Å². The van der Waals surface area contributed by atoms with Crippen LogP contribution in [0.25, 0.3) is 0 Å². The van der Waals surface area contributed by atoms with Crippen LogP contribution in [0.5, 0.6) is 0 Å². The Balaban J connectivity index is 2.02. The topological polar surface area (TPSA) is 54.5 Å². The second kappa shape index (κ2) is 7.77. The molecule has 1 aromatic rings. The Labute approximate surface area is 139 Å². The Bertz CT molecular complexity index is 499. The summed E-state index contributed by atoms with van der Waals surface area (Å²) in [5, 5.41) is 3.62. The summed E-state index contributed by atoms with van der Waals surface area (Å²) in [7, 11) is 0. The summed E-state index contributed by atoms with van der Waals surface area (Å²) in [6.07, 6.45) is 5.57. The van der Waals surface area contributed by atoms with E-state index in [-0.39, 0.29) is 12.1 Å². The third-order valence-electron chi connectivity index (χ3n) is 4.01. The number of rotatable bonds is 5. The number of carbonyl (C=O) groups is 1. The molecule has 0 spiro atoms. The molecule has 1 fully saturated rings. The zero-order valence-electron chi connectivity index (χ0n) is 14.7. The van der Waals surface area contributed by atoms with Crippen molar-refractivity contribution in [2.75, 3.05) is 19.6 Å². The lowest BCUT2D eigenvalue weighted by Crippen LogP contribution is -2.37. The zero-order chi connectivity index (χ0) is 16.9. The first-order valence-corrected chi connectivity index (χ1v) is 8.52. The number of hydrogen-bond donors (Lipinski definition) is 1. The number of nitrogens with zero attached hydrogens (tertiary/aromatic N) is 2. The van der Waals surface area contributed by atoms with E-state index in [0.717, 1.165) is 32.5 Å². The van der Waals surface area contributed by atoms with Gasteiger partial charge in [-0.3, -0.25) is 4.98 Å². The van der Waals surface area contributed by atoms with Crippen LogP contribution in [-0.2, 0) is 4.74 Å². The van der Waals surface area contributed by atoms with Gasteiger partial charge in [0.15, 0.2) is 0 Å². The smallest absolute Gasteiger partial charge is 0.410 e. The van der Waals surface area contributed by atoms with E-state index < -0.39 is 5.60 Å². The Hall–Kier alpha value is -1.62. The van der Waals surface area contributed by atoms with E-state index in [1.807, 2.05) is 37.9 Å². The van der Waals surface area contributed by atoms with E-state index in [1.165, 1.54) is 5.56 Å². The number of likely N-dealkylation sites (tertiary alicyclic amines) is 1. The Morgan fingerprint density at radius 2 is 2.30 bits per heavy atom. The summed E-state index contributed by atoms with van der Waals surface area (Å²) < 4.78 is 5.49. The number of nitrogens with one attached hydrogen (secondary N) is 1. The summed E-state index contributed by atoms with van der Waals surface area (Å²) in [6.45, 7) is 10.3. The summed E-state index contributed by atoms with van der Waals surface area (Å²) in [5.41, 5.74) is 0.746. The van der Waals surface area contributed by atoms with Gasteiger partial charge in [0.25, 0.3) is 0 Å². The fourth-order valence-electron chi connectivity index (χ4n) is 2.97. The van der Waals surface area contributed by atoms with Gasteiger partial charge in [-0.2, -0.15) is 0 Å². The van der Waals surface area contributed by atoms with E-state index in [4.69, 9.17) is 4.74 Å². The monoisotopic (exact) mass is 319 g/mol. The van der Waals surface area contributed by atoms with E-state index >= 15 is 0 Å². The summed E-state index contributed by atoms with van der Waals surface area (Å²) in [4.78, 5) is 18.3. The molecule has 0 aliphatic carbocycles. The molecular formula is C18H29N3O2. The largest absolute Gasteiger partial charge is 0.444 e. The molecule has 0 bridgehead atoms. The Kier molecular flexibility index (Phi) is 5.99. The van der Waals surface area contributed by atoms with Crippen LogP contribution in [0, 0.1) is 5.92 Å². The minimum atomic E-state index is -0.446. The van der Waals surface area contributed by atoms with Crippen molar-refractivity contribution < 1.29 is 9.53 Å². The minimum absolute atomic E-state index is 0.208. The second-order valence-corrected chi connectivity index (χ2v) is 7.19. The van der Waals surface area contributed by atoms with Crippen molar-refractivity contribution in [2.45, 2.75) is 52.2 Å². The molecule has 1 aliphatic rings. The van der Waals surface area contributed by atoms with Crippen molar-refractivity contribution >= 4 is 6.09 Å². The third kappa shape index (κ3) is 5.20. The van der Waals surface area contributed by atoms with Crippen molar-refractivity contribution in [3.05, 3.63) is 30.1 Å². The molecule has 1 amide bonds. The van der Waals surface area contributed by atoms with Gasteiger partial charge in [0.1, 0.15) is 5.60 Å². The van der Waals surface area contributed by atoms with E-state index in [2.05, 4.69) is 23.3 Å². The molecule has 23 heavy (non-hydrogen) atoms. The molecule has 2 atom stereocenters. The number of aromatic nitrogens is 1. The molecule has 2 heterocycles. The first-order valence-electron chi connectivity index (χ1n) is 8.52. The number of ether oxygens (including phenoxy) is 1. The number of pyridine rings is 1. The van der Waals surface area contributed by atoms with Crippen LogP contribution < -0.4 is 5.32 Å². The first-order chi connectivity index (χ1) is 10.9. The average Bonchev–Trinajstić information content (AvgIpc) is 2.97. The number of hydrogen-bond acceptors (Lipinski definition) is 4. The lowest BCUT2D eigenvalue weighted by atomic mass is 9.93. The van der Waals surface area contributed by atoms with Gasteiger partial charge in [-0.25, -0.2) is 4.79 Å². The fraction of sp³-hybridized carbons (Fsp3) is 0.667. The van der Waals surface area contributed by atoms with E-state index in [9.17, 15) is 4.79 Å². The van der Waals surface area contributed by atoms with Crippen LogP contribution in [0.2, 0.25) is 0 Å². The molecule has 2 rings (SSSR count). The number of amides is 1. The maximum Gasteiger partial charge on any atom is 0.410 e. The molecule has 2 unspecified atom stereocenters. The molecule has 0 saturated carbocycles. The number of carbonyl (C=O) groups excluding carboxylic acids is 1. The highest BCUT2D eigenvalue weighted by atomic mass is 16.6. The van der Waals surface area contributed by atoms with Crippen LogP contribution in [0.3, 0.4) is 0 Å². The van der Waals surface area contributed by atoms with Crippen molar-refractivity contribution in [1.82, 2.24) is 15.2 Å². The van der Waals surface area contributed by atoms with Crippen LogP contribution in [0.4, 0.5) is 4.79 Å². The predicted molar refractivity (Wildman–Crippen MR) is 91.2 cm³/mol. The summed E-state index contributed by atoms with van der Waals surface area (Å²) >= 11 is 0. The standard InChI is InChI=1S/C18H29N3O2/c1-5-9-20-16(14-7-6-10-19-12-14)15-8-11-21(13-15)17(22)23-18(2,3)4/h6-7,10,12,15-16,20H,5,8-9,11,13H2,1-4H3. The van der Waals surface area contributed by atoms with E-state index in [1.54, 1.807) is 6.20 Å². The highest BCUT2D eigenvalue weighted by Crippen LogP contribution is 2.30. The van der Waals surface area contributed by atoms with Crippen molar-refractivity contribution in [2.24, 2.45) is 5.92 Å². The van der Waals surface area contributed by atoms with Crippen molar-refractivity contribution in [3.63, 3.8) is 0 Å². The van der Waals surface area contributed by atoms with Crippen molar-refractivity contribution in [1.29, 1.82) is 0 Å². The van der Waals surface area contributed by atoms with Gasteiger partial charge in [0, 0.05) is 31.5 Å². The van der Waals surface area contributed by atoms with Gasteiger partial charge in [0.05, 0.1) is 0 Å². The average molecular weight is 319 g/mol. The molecule has 5 heteroatoms. The Morgan fingerprint density at radius 3 is 2.91 bits per heavy atom. The van der Waals surface area contributed by atoms with Gasteiger partial charge >= 0.3 is 6.09 Å². The normalized spacial score (nSPS) is 19.7. The predicted octanol–water partition coefficient (Wildman–Crippen LogP) is 3.38. The van der Waals surface area contributed by atoms with Crippen molar-refractivity contribution in [3.8, 4) is 0 Å². The van der Waals surface area contributed by atoms with Crippen LogP contribution in [0.15, 0.2) is 24.5 Å². The van der Waals surface area contributed by atoms with Gasteiger partial charge in [-0.1, -0.05) is 13.0 Å². The molecule has 0 radical (unpaired) electrons. The summed E-state index contributed by atoms with van der Waals surface area (Å²) in [6, 6.07) is 4.31. The van der Waals surface area contributed by atoms with Gasteiger partial charge in [0.2, 0.25) is 0 Å². The first kappa shape index (κ1) is 17.7. The second-order valence-electron chi connectivity index (χ2n) is 7.19. The van der Waals surface area contributed by atoms with Gasteiger partial charge in [-0.05, 0) is 57.7 Å². The Morgan fingerprint density at radius 1 is 1.52 bits per heavy atom. The molecule has 1 aromatic heterocycles. The maximum atomic E-state index is 12.3. The van der Waals surface area contributed by atoms with E-state index in [0.29, 0.717) is 5.92 Å². The lowest BCUT2D eigenvalue weighted by molar-refractivity contribution is 0.0285. The minimum Gasteiger partial charge on any atom is -0.444 e. The lowest BCUT2D eigenvalue weighted by Gasteiger charge is -2.27. The highest BCUT2D eigenvalue weighted by Gasteiger charge is 2.34. The molecule has 5 nitrogen and oxygen atoms in total. The molecule has 128 valence electrons. The van der Waals surface area contributed by atoms with Crippen LogP contribution in [0.1, 0.15) is 52.1 Å². The van der Waals surface area contributed by atoms with Gasteiger partial charge < -0.3 is 15.0 Å². The third-order valence-corrected chi connectivity index (χ3v) is 4.01. The molecule has 1 saturated heterocycles. The molecule has 1 aliphatic heterocycles. The summed E-state index contributed by atoms with van der Waals surface area (Å²) in [5.74, 6) is 0.387. The zero-order valence-corrected chi connectivity index (χ0v) is 14.7. The highest BCUT2D eigenvalue weighted by molar-refractivity contribution is 5.68. The molecule has 1 N–H and O–H groups in total. The van der Waals surface area contributed by atoms with Gasteiger partial charge in [-0.15, -0.1) is 0 Å². The maximum absolute atomic E-state index is 12.3. The molecule has 0 aromatic carbocycles. The quantitative estimate of drug-likeness (QED) is 0.904. The SMILES string of the molecule is CCCNC(c1cccnc1)C1CCN(C(=O)OC(C)(C)C)C1. The fourth-order valence-corrected chi connectivity index (χ4v) is 2.97. The molecular weight excluding hydrogens is 290 g/mol. The van der Waals surface area contributed by atoms with Crippen LogP contribution in [-0.4, -0.2) is 41.2 Å².